The van der Waals surface area contributed by atoms with Gasteiger partial charge in [-0.05, 0) is 50.3 Å². The largest absolute Gasteiger partial charge is 0.362 e. The zero-order valence-corrected chi connectivity index (χ0v) is 18.6. The number of nitrogens with one attached hydrogen (secondary N) is 2. The summed E-state index contributed by atoms with van der Waals surface area (Å²) in [6.45, 7) is 2.66. The molecule has 0 radical (unpaired) electrons. The summed E-state index contributed by atoms with van der Waals surface area (Å²) in [4.78, 5) is 24.1. The zero-order valence-electron chi connectivity index (χ0n) is 18.6. The number of aryl methyl sites for hydroxylation is 1. The van der Waals surface area contributed by atoms with E-state index in [0.29, 0.717) is 12.5 Å². The maximum absolute atomic E-state index is 12.6. The van der Waals surface area contributed by atoms with Crippen LogP contribution in [0.1, 0.15) is 36.8 Å². The number of hydrogen-bond donors (Lipinski definition) is 2. The average Bonchev–Trinajstić information content (AvgIpc) is 2.77. The summed E-state index contributed by atoms with van der Waals surface area (Å²) in [5.41, 5.74) is 3.30. The molecule has 0 bridgehead atoms. The maximum Gasteiger partial charge on any atom is 0.225 e. The second-order valence-corrected chi connectivity index (χ2v) is 8.68. The van der Waals surface area contributed by atoms with Crippen LogP contribution >= 0.6 is 0 Å². The number of carbonyl (C=O) groups is 1. The topological polar surface area (TPSA) is 70.2 Å². The maximum atomic E-state index is 12.6. The molecule has 1 fully saturated rings. The highest BCUT2D eigenvalue weighted by Crippen LogP contribution is 2.28. The number of aromatic nitrogens is 2. The fraction of sp³-hybridized carbons (Fsp3) is 0.400. The van der Waals surface area contributed by atoms with E-state index in [9.17, 15) is 4.79 Å². The van der Waals surface area contributed by atoms with E-state index in [1.54, 1.807) is 0 Å². The van der Waals surface area contributed by atoms with Gasteiger partial charge in [0.25, 0.3) is 0 Å². The van der Waals surface area contributed by atoms with Crippen LogP contribution in [-0.4, -0.2) is 36.0 Å². The molecule has 1 heterocycles. The Balaban J connectivity index is 1.33. The lowest BCUT2D eigenvalue weighted by Gasteiger charge is -2.28. The summed E-state index contributed by atoms with van der Waals surface area (Å²) in [6, 6.07) is 16.6. The zero-order chi connectivity index (χ0) is 21.8. The molecule has 0 spiro atoms. The van der Waals surface area contributed by atoms with E-state index >= 15 is 0 Å². The van der Waals surface area contributed by atoms with Gasteiger partial charge in [-0.1, -0.05) is 42.0 Å². The third-order valence-electron chi connectivity index (χ3n) is 5.99. The molecule has 6 nitrogen and oxygen atoms in total. The van der Waals surface area contributed by atoms with Gasteiger partial charge in [0.15, 0.2) is 0 Å². The molecule has 0 unspecified atom stereocenters. The molecule has 0 aliphatic heterocycles. The smallest absolute Gasteiger partial charge is 0.225 e. The lowest BCUT2D eigenvalue weighted by atomic mass is 9.85. The van der Waals surface area contributed by atoms with Gasteiger partial charge in [0.1, 0.15) is 5.82 Å². The summed E-state index contributed by atoms with van der Waals surface area (Å²) in [5, 5.41) is 7.67. The molecular formula is C25H31N5O. The van der Waals surface area contributed by atoms with Crippen molar-refractivity contribution >= 4 is 28.6 Å². The minimum atomic E-state index is 0.0812. The van der Waals surface area contributed by atoms with Crippen LogP contribution in [-0.2, 0) is 11.3 Å². The number of carbonyl (C=O) groups excluding carboxylic acids is 1. The third-order valence-corrected chi connectivity index (χ3v) is 5.99. The third kappa shape index (κ3) is 5.13. The number of hydrogen-bond acceptors (Lipinski definition) is 5. The van der Waals surface area contributed by atoms with Crippen molar-refractivity contribution in [2.45, 2.75) is 45.2 Å². The Morgan fingerprint density at radius 3 is 2.55 bits per heavy atom. The van der Waals surface area contributed by atoms with E-state index in [-0.39, 0.29) is 17.9 Å². The molecule has 1 aromatic heterocycles. The Bertz CT molecular complexity index is 1060. The van der Waals surface area contributed by atoms with Crippen LogP contribution < -0.4 is 15.5 Å². The number of nitrogens with zero attached hydrogens (tertiary/aromatic N) is 3. The molecule has 1 saturated carbocycles. The van der Waals surface area contributed by atoms with Crippen molar-refractivity contribution in [2.75, 3.05) is 24.3 Å². The number of rotatable bonds is 6. The normalized spacial score (nSPS) is 18.5. The van der Waals surface area contributed by atoms with Crippen molar-refractivity contribution in [1.82, 2.24) is 15.3 Å². The predicted octanol–water partition coefficient (Wildman–Crippen LogP) is 4.29. The highest BCUT2D eigenvalue weighted by atomic mass is 16.1. The quantitative estimate of drug-likeness (QED) is 0.626. The molecule has 31 heavy (non-hydrogen) atoms. The van der Waals surface area contributed by atoms with Gasteiger partial charge in [-0.2, -0.15) is 4.98 Å². The Hall–Kier alpha value is -3.15. The van der Waals surface area contributed by atoms with Gasteiger partial charge in [-0.3, -0.25) is 4.79 Å². The van der Waals surface area contributed by atoms with Crippen molar-refractivity contribution in [1.29, 1.82) is 0 Å². The average molecular weight is 418 g/mol. The molecule has 1 amide bonds. The van der Waals surface area contributed by atoms with Gasteiger partial charge in [0.2, 0.25) is 11.9 Å². The molecule has 162 valence electrons. The molecule has 0 saturated heterocycles. The Morgan fingerprint density at radius 1 is 1.03 bits per heavy atom. The fourth-order valence-electron chi connectivity index (χ4n) is 4.30. The van der Waals surface area contributed by atoms with E-state index in [0.717, 1.165) is 48.0 Å². The molecule has 3 aromatic rings. The standard InChI is InChI=1S/C25H31N5O/c1-17-7-6-8-18(15-17)16-26-24(31)19-11-13-20(14-12-19)27-25-28-22-10-5-4-9-21(22)23(29-25)30(2)3/h4-10,15,19-20H,11-14,16H2,1-3H3,(H,26,31)(H,27,28,29)/t19-,20+. The van der Waals surface area contributed by atoms with Crippen molar-refractivity contribution in [3.05, 3.63) is 59.7 Å². The summed E-state index contributed by atoms with van der Waals surface area (Å²) < 4.78 is 0. The first-order valence-electron chi connectivity index (χ1n) is 11.0. The van der Waals surface area contributed by atoms with Crippen molar-refractivity contribution in [3.8, 4) is 0 Å². The van der Waals surface area contributed by atoms with Crippen LogP contribution in [0.2, 0.25) is 0 Å². The van der Waals surface area contributed by atoms with Crippen LogP contribution in [0.3, 0.4) is 0 Å². The van der Waals surface area contributed by atoms with E-state index in [2.05, 4.69) is 41.8 Å². The molecule has 0 atom stereocenters. The number of amides is 1. The van der Waals surface area contributed by atoms with Crippen LogP contribution in [0.15, 0.2) is 48.5 Å². The van der Waals surface area contributed by atoms with Crippen LogP contribution in [0, 0.1) is 12.8 Å². The van der Waals surface area contributed by atoms with Crippen molar-refractivity contribution in [2.24, 2.45) is 5.92 Å². The van der Waals surface area contributed by atoms with Gasteiger partial charge in [-0.25, -0.2) is 4.98 Å². The number of anilines is 2. The minimum Gasteiger partial charge on any atom is -0.362 e. The van der Waals surface area contributed by atoms with Crippen molar-refractivity contribution in [3.63, 3.8) is 0 Å². The second kappa shape index (κ2) is 9.33. The Morgan fingerprint density at radius 2 is 1.81 bits per heavy atom. The van der Waals surface area contributed by atoms with E-state index in [1.807, 2.05) is 43.3 Å². The van der Waals surface area contributed by atoms with E-state index in [4.69, 9.17) is 9.97 Å². The predicted molar refractivity (Wildman–Crippen MR) is 126 cm³/mol. The SMILES string of the molecule is Cc1cccc(CNC(=O)[C@H]2CC[C@@H](Nc3nc(N(C)C)c4ccccc4n3)CC2)c1. The highest BCUT2D eigenvalue weighted by Gasteiger charge is 2.26. The first-order valence-corrected chi connectivity index (χ1v) is 11.0. The molecule has 1 aliphatic rings. The van der Waals surface area contributed by atoms with Crippen LogP contribution in [0.5, 0.6) is 0 Å². The van der Waals surface area contributed by atoms with Crippen LogP contribution in [0.25, 0.3) is 10.9 Å². The first kappa shape index (κ1) is 21.1. The van der Waals surface area contributed by atoms with Crippen molar-refractivity contribution < 1.29 is 4.79 Å². The minimum absolute atomic E-state index is 0.0812. The van der Waals surface area contributed by atoms with Crippen LogP contribution in [0.4, 0.5) is 11.8 Å². The van der Waals surface area contributed by atoms with Gasteiger partial charge >= 0.3 is 0 Å². The lowest BCUT2D eigenvalue weighted by molar-refractivity contribution is -0.126. The van der Waals surface area contributed by atoms with Gasteiger partial charge in [0.05, 0.1) is 5.52 Å². The summed E-state index contributed by atoms with van der Waals surface area (Å²) in [5.74, 6) is 1.82. The first-order chi connectivity index (χ1) is 15.0. The molecule has 4 rings (SSSR count). The van der Waals surface area contributed by atoms with Gasteiger partial charge in [0, 0.05) is 38.0 Å². The monoisotopic (exact) mass is 417 g/mol. The number of fused-ring (bicyclic) bond motifs is 1. The Kier molecular flexibility index (Phi) is 6.35. The molecule has 2 N–H and O–H groups in total. The summed E-state index contributed by atoms with van der Waals surface area (Å²) in [7, 11) is 4.00. The summed E-state index contributed by atoms with van der Waals surface area (Å²) >= 11 is 0. The number of para-hydroxylation sites is 1. The van der Waals surface area contributed by atoms with E-state index in [1.165, 1.54) is 5.56 Å². The second-order valence-electron chi connectivity index (χ2n) is 8.68. The molecule has 1 aliphatic carbocycles. The summed E-state index contributed by atoms with van der Waals surface area (Å²) in [6.07, 6.45) is 3.64. The molecular weight excluding hydrogens is 386 g/mol. The Labute approximate surface area is 184 Å². The number of benzene rings is 2. The molecule has 2 aromatic carbocycles. The highest BCUT2D eigenvalue weighted by molar-refractivity contribution is 5.90. The van der Waals surface area contributed by atoms with E-state index < -0.39 is 0 Å². The molecule has 6 heteroatoms. The fourth-order valence-corrected chi connectivity index (χ4v) is 4.30. The lowest BCUT2D eigenvalue weighted by Crippen LogP contribution is -2.35. The van der Waals surface area contributed by atoms with Gasteiger partial charge < -0.3 is 15.5 Å². The van der Waals surface area contributed by atoms with Gasteiger partial charge in [-0.15, -0.1) is 0 Å².